The number of hydrogen-bond donors (Lipinski definition) is 1. The van der Waals surface area contributed by atoms with E-state index in [9.17, 15) is 14.4 Å². The molecule has 2 aliphatic rings. The lowest BCUT2D eigenvalue weighted by atomic mass is 9.67. The van der Waals surface area contributed by atoms with Crippen LogP contribution in [0.25, 0.3) is 0 Å². The van der Waals surface area contributed by atoms with Gasteiger partial charge in [0.2, 0.25) is 17.7 Å². The third-order valence-electron chi connectivity index (χ3n) is 6.08. The van der Waals surface area contributed by atoms with Crippen molar-refractivity contribution in [2.45, 2.75) is 44.4 Å². The lowest BCUT2D eigenvalue weighted by molar-refractivity contribution is -0.143. The number of carbonyl (C=O) groups is 3. The van der Waals surface area contributed by atoms with E-state index in [4.69, 9.17) is 5.73 Å². The maximum absolute atomic E-state index is 12.7. The minimum atomic E-state index is -0.359. The number of likely N-dealkylation sites (tertiary alicyclic amines) is 2. The lowest BCUT2D eigenvalue weighted by Crippen LogP contribution is -2.53. The van der Waals surface area contributed by atoms with E-state index in [-0.39, 0.29) is 35.5 Å². The fraction of sp³-hybridized carbons (Fsp3) is 0.571. The van der Waals surface area contributed by atoms with Crippen LogP contribution in [0.4, 0.5) is 0 Å². The number of primary amides is 1. The second-order valence-electron chi connectivity index (χ2n) is 8.06. The molecule has 6 heteroatoms. The van der Waals surface area contributed by atoms with Crippen LogP contribution < -0.4 is 5.73 Å². The number of benzene rings is 1. The largest absolute Gasteiger partial charge is 0.370 e. The summed E-state index contributed by atoms with van der Waals surface area (Å²) in [6, 6.07) is 10.0. The number of rotatable bonds is 5. The Hall–Kier alpha value is -2.37. The fourth-order valence-corrected chi connectivity index (χ4v) is 4.54. The van der Waals surface area contributed by atoms with Crippen LogP contribution in [0, 0.1) is 5.41 Å². The zero-order chi connectivity index (χ0) is 19.4. The van der Waals surface area contributed by atoms with Gasteiger partial charge >= 0.3 is 0 Å². The van der Waals surface area contributed by atoms with Crippen LogP contribution >= 0.6 is 0 Å². The van der Waals surface area contributed by atoms with Crippen molar-refractivity contribution in [3.63, 3.8) is 0 Å². The van der Waals surface area contributed by atoms with Gasteiger partial charge in [-0.1, -0.05) is 30.3 Å². The first-order valence-electron chi connectivity index (χ1n) is 9.76. The molecule has 2 fully saturated rings. The molecule has 2 heterocycles. The summed E-state index contributed by atoms with van der Waals surface area (Å²) >= 11 is 0. The average molecular weight is 371 g/mol. The van der Waals surface area contributed by atoms with Crippen LogP contribution in [0.2, 0.25) is 0 Å². The minimum absolute atomic E-state index is 0.0766. The highest BCUT2D eigenvalue weighted by Gasteiger charge is 2.45. The normalized spacial score (nSPS) is 22.1. The molecule has 3 rings (SSSR count). The first-order chi connectivity index (χ1) is 12.9. The Morgan fingerprint density at radius 3 is 2.44 bits per heavy atom. The molecule has 1 aromatic rings. The van der Waals surface area contributed by atoms with E-state index in [1.807, 2.05) is 47.2 Å². The van der Waals surface area contributed by atoms with Gasteiger partial charge in [-0.2, -0.15) is 0 Å². The van der Waals surface area contributed by atoms with Crippen molar-refractivity contribution >= 4 is 17.7 Å². The number of likely N-dealkylation sites (N-methyl/N-ethyl adjacent to an activating group) is 1. The number of hydrogen-bond acceptors (Lipinski definition) is 3. The molecule has 146 valence electrons. The van der Waals surface area contributed by atoms with Crippen LogP contribution in [0.1, 0.15) is 50.0 Å². The molecule has 0 bridgehead atoms. The zero-order valence-electron chi connectivity index (χ0n) is 16.0. The van der Waals surface area contributed by atoms with E-state index in [0.29, 0.717) is 12.8 Å². The van der Waals surface area contributed by atoms with Gasteiger partial charge in [-0.15, -0.1) is 0 Å². The monoisotopic (exact) mass is 371 g/mol. The van der Waals surface area contributed by atoms with Crippen molar-refractivity contribution in [2.24, 2.45) is 11.1 Å². The Kier molecular flexibility index (Phi) is 5.82. The number of nitrogens with zero attached hydrogens (tertiary/aromatic N) is 2. The van der Waals surface area contributed by atoms with Gasteiger partial charge in [0.15, 0.2) is 0 Å². The van der Waals surface area contributed by atoms with E-state index in [1.54, 1.807) is 0 Å². The summed E-state index contributed by atoms with van der Waals surface area (Å²) in [7, 11) is 1.89. The second-order valence-corrected chi connectivity index (χ2v) is 8.06. The lowest BCUT2D eigenvalue weighted by Gasteiger charge is -2.49. The smallest absolute Gasteiger partial charge is 0.229 e. The highest BCUT2D eigenvalue weighted by atomic mass is 16.2. The molecular formula is C21H29N3O3. The summed E-state index contributed by atoms with van der Waals surface area (Å²) in [5, 5.41) is 0. The first kappa shape index (κ1) is 19.4. The van der Waals surface area contributed by atoms with Crippen LogP contribution in [0.5, 0.6) is 0 Å². The molecule has 3 amide bonds. The molecule has 0 aliphatic carbocycles. The highest BCUT2D eigenvalue weighted by Crippen LogP contribution is 2.45. The van der Waals surface area contributed by atoms with E-state index < -0.39 is 0 Å². The molecule has 2 aliphatic heterocycles. The van der Waals surface area contributed by atoms with Gasteiger partial charge in [-0.05, 0) is 36.7 Å². The Labute approximate surface area is 160 Å². The molecule has 6 nitrogen and oxygen atoms in total. The van der Waals surface area contributed by atoms with Crippen molar-refractivity contribution in [2.75, 3.05) is 26.7 Å². The molecule has 1 atom stereocenters. The van der Waals surface area contributed by atoms with Gasteiger partial charge in [-0.25, -0.2) is 0 Å². The van der Waals surface area contributed by atoms with E-state index in [2.05, 4.69) is 0 Å². The Bertz CT molecular complexity index is 696. The van der Waals surface area contributed by atoms with Crippen molar-refractivity contribution in [1.82, 2.24) is 9.80 Å². The Balaban J connectivity index is 1.62. The highest BCUT2D eigenvalue weighted by molar-refractivity contribution is 5.84. The second kappa shape index (κ2) is 8.11. The van der Waals surface area contributed by atoms with Gasteiger partial charge in [0, 0.05) is 39.5 Å². The van der Waals surface area contributed by atoms with Crippen molar-refractivity contribution in [3.05, 3.63) is 35.9 Å². The Morgan fingerprint density at radius 2 is 1.81 bits per heavy atom. The summed E-state index contributed by atoms with van der Waals surface area (Å²) in [4.78, 5) is 39.7. The molecule has 2 N–H and O–H groups in total. The summed E-state index contributed by atoms with van der Waals surface area (Å²) in [5.74, 6) is -0.159. The van der Waals surface area contributed by atoms with Gasteiger partial charge in [0.05, 0.1) is 5.92 Å². The minimum Gasteiger partial charge on any atom is -0.370 e. The molecule has 2 saturated heterocycles. The quantitative estimate of drug-likeness (QED) is 0.858. The van der Waals surface area contributed by atoms with Crippen molar-refractivity contribution in [3.8, 4) is 0 Å². The predicted molar refractivity (Wildman–Crippen MR) is 103 cm³/mol. The summed E-state index contributed by atoms with van der Waals surface area (Å²) in [6.07, 6.45) is 3.83. The van der Waals surface area contributed by atoms with Crippen LogP contribution in [0.3, 0.4) is 0 Å². The van der Waals surface area contributed by atoms with Gasteiger partial charge in [-0.3, -0.25) is 14.4 Å². The summed E-state index contributed by atoms with van der Waals surface area (Å²) in [6.45, 7) is 2.21. The van der Waals surface area contributed by atoms with Gasteiger partial charge in [0.1, 0.15) is 0 Å². The average Bonchev–Trinajstić information content (AvgIpc) is 2.66. The molecule has 1 aromatic carbocycles. The molecular weight excluding hydrogens is 342 g/mol. The Morgan fingerprint density at radius 1 is 1.15 bits per heavy atom. The maximum atomic E-state index is 12.7. The fourth-order valence-electron chi connectivity index (χ4n) is 4.54. The van der Waals surface area contributed by atoms with E-state index in [1.165, 1.54) is 0 Å². The van der Waals surface area contributed by atoms with Crippen molar-refractivity contribution < 1.29 is 14.4 Å². The number of piperidine rings is 2. The topological polar surface area (TPSA) is 83.7 Å². The number of nitrogens with two attached hydrogens (primary N) is 1. The SMILES string of the molecule is CN1CC2(CCN(C(=O)CCCC(N)=O)CC2)C[C@@H](c2ccccc2)C1=O. The number of carbonyl (C=O) groups excluding carboxylic acids is 3. The molecule has 0 radical (unpaired) electrons. The van der Waals surface area contributed by atoms with E-state index >= 15 is 0 Å². The summed E-state index contributed by atoms with van der Waals surface area (Å²) < 4.78 is 0. The summed E-state index contributed by atoms with van der Waals surface area (Å²) in [5.41, 5.74) is 6.30. The maximum Gasteiger partial charge on any atom is 0.229 e. The van der Waals surface area contributed by atoms with Gasteiger partial charge < -0.3 is 15.5 Å². The number of amides is 3. The molecule has 1 spiro atoms. The predicted octanol–water partition coefficient (Wildman–Crippen LogP) is 1.90. The van der Waals surface area contributed by atoms with Crippen molar-refractivity contribution in [1.29, 1.82) is 0 Å². The van der Waals surface area contributed by atoms with E-state index in [0.717, 1.165) is 44.5 Å². The zero-order valence-corrected chi connectivity index (χ0v) is 16.0. The first-order valence-corrected chi connectivity index (χ1v) is 9.76. The molecule has 0 aromatic heterocycles. The van der Waals surface area contributed by atoms with Gasteiger partial charge in [0.25, 0.3) is 0 Å². The van der Waals surface area contributed by atoms with Crippen LogP contribution in [0.15, 0.2) is 30.3 Å². The third-order valence-corrected chi connectivity index (χ3v) is 6.08. The van der Waals surface area contributed by atoms with Crippen LogP contribution in [-0.4, -0.2) is 54.2 Å². The molecule has 27 heavy (non-hydrogen) atoms. The molecule has 0 saturated carbocycles. The standard InChI is InChI=1S/C21H29N3O3/c1-23-15-21(14-17(20(23)27)16-6-3-2-4-7-16)10-12-24(13-11-21)19(26)9-5-8-18(22)25/h2-4,6-7,17H,5,8-15H2,1H3,(H2,22,25)/t17-/m0/s1. The van der Waals surface area contributed by atoms with Crippen LogP contribution in [-0.2, 0) is 14.4 Å². The third kappa shape index (κ3) is 4.49. The molecule has 0 unspecified atom stereocenters.